The molecule has 26 heavy (non-hydrogen) atoms. The second-order valence-corrected chi connectivity index (χ2v) is 5.27. The highest BCUT2D eigenvalue weighted by Gasteiger charge is 2.18. The van der Waals surface area contributed by atoms with Gasteiger partial charge in [0.1, 0.15) is 11.6 Å². The summed E-state index contributed by atoms with van der Waals surface area (Å²) < 4.78 is 0. The lowest BCUT2D eigenvalue weighted by Crippen LogP contribution is -2.33. The molecule has 0 unspecified atom stereocenters. The summed E-state index contributed by atoms with van der Waals surface area (Å²) in [7, 11) is 0. The summed E-state index contributed by atoms with van der Waals surface area (Å²) in [6, 6.07) is 4.93. The van der Waals surface area contributed by atoms with Gasteiger partial charge in [-0.2, -0.15) is 0 Å². The molecule has 0 aliphatic heterocycles. The molecule has 9 nitrogen and oxygen atoms in total. The van der Waals surface area contributed by atoms with E-state index in [0.717, 1.165) is 6.21 Å². The fourth-order valence-electron chi connectivity index (χ4n) is 2.28. The molecule has 0 aromatic carbocycles. The number of anilines is 2. The number of hydrogen-bond donors (Lipinski definition) is 4. The van der Waals surface area contributed by atoms with E-state index in [-0.39, 0.29) is 29.7 Å². The molecule has 2 aromatic rings. The molecule has 0 fully saturated rings. The van der Waals surface area contributed by atoms with E-state index in [2.05, 4.69) is 15.3 Å². The lowest BCUT2D eigenvalue weighted by Gasteiger charge is -2.19. The average molecular weight is 353 g/mol. The maximum atomic E-state index is 12.6. The van der Waals surface area contributed by atoms with Crippen LogP contribution in [0.25, 0.3) is 11.1 Å². The van der Waals surface area contributed by atoms with Gasteiger partial charge in [0.25, 0.3) is 11.8 Å². The minimum absolute atomic E-state index is 0.105. The third kappa shape index (κ3) is 4.26. The highest BCUT2D eigenvalue weighted by atomic mass is 16.2. The van der Waals surface area contributed by atoms with Gasteiger partial charge < -0.3 is 26.8 Å². The van der Waals surface area contributed by atoms with Crippen LogP contribution in [0.3, 0.4) is 0 Å². The van der Waals surface area contributed by atoms with Crippen molar-refractivity contribution in [2.24, 2.45) is 0 Å². The molecular formula is C17H19N7O2. The van der Waals surface area contributed by atoms with E-state index in [4.69, 9.17) is 16.6 Å². The SMILES string of the molecule is CCN(CC=N)C(=O)c1cc(-c2ccnc(NC(=O)C=N)c2)cnc1N. The number of nitrogen functional groups attached to an aromatic ring is 1. The number of amides is 2. The maximum absolute atomic E-state index is 12.6. The smallest absolute Gasteiger partial charge is 0.267 e. The van der Waals surface area contributed by atoms with Crippen molar-refractivity contribution in [1.29, 1.82) is 10.8 Å². The Morgan fingerprint density at radius 3 is 2.69 bits per heavy atom. The maximum Gasteiger partial charge on any atom is 0.267 e. The molecule has 2 amide bonds. The highest BCUT2D eigenvalue weighted by molar-refractivity contribution is 6.30. The lowest BCUT2D eigenvalue weighted by atomic mass is 10.1. The molecule has 5 N–H and O–H groups in total. The summed E-state index contributed by atoms with van der Waals surface area (Å²) in [5, 5.41) is 16.6. The second kappa shape index (κ2) is 8.47. The van der Waals surface area contributed by atoms with Crippen molar-refractivity contribution in [3.8, 4) is 11.1 Å². The normalized spacial score (nSPS) is 10.0. The van der Waals surface area contributed by atoms with Crippen LogP contribution in [-0.2, 0) is 4.79 Å². The van der Waals surface area contributed by atoms with Gasteiger partial charge in [0.15, 0.2) is 0 Å². The van der Waals surface area contributed by atoms with Crippen LogP contribution in [0.15, 0.2) is 30.6 Å². The average Bonchev–Trinajstić information content (AvgIpc) is 2.66. The van der Waals surface area contributed by atoms with Gasteiger partial charge in [-0.1, -0.05) is 0 Å². The van der Waals surface area contributed by atoms with E-state index >= 15 is 0 Å². The molecule has 0 spiro atoms. The number of nitrogens with zero attached hydrogens (tertiary/aromatic N) is 3. The minimum Gasteiger partial charge on any atom is -0.383 e. The lowest BCUT2D eigenvalue weighted by molar-refractivity contribution is -0.110. The zero-order valence-corrected chi connectivity index (χ0v) is 14.2. The van der Waals surface area contributed by atoms with Gasteiger partial charge >= 0.3 is 0 Å². The zero-order chi connectivity index (χ0) is 19.1. The Bertz CT molecular complexity index is 851. The molecule has 134 valence electrons. The molecule has 0 aliphatic carbocycles. The summed E-state index contributed by atoms with van der Waals surface area (Å²) in [5.74, 6) is -0.520. The summed E-state index contributed by atoms with van der Waals surface area (Å²) in [4.78, 5) is 33.5. The van der Waals surface area contributed by atoms with Crippen molar-refractivity contribution in [2.75, 3.05) is 24.1 Å². The molecule has 0 bridgehead atoms. The molecular weight excluding hydrogens is 334 g/mol. The molecule has 2 rings (SSSR count). The number of hydrogen-bond acceptors (Lipinski definition) is 7. The number of carbonyl (C=O) groups is 2. The van der Waals surface area contributed by atoms with E-state index < -0.39 is 5.91 Å². The van der Waals surface area contributed by atoms with Gasteiger partial charge in [-0.05, 0) is 30.7 Å². The van der Waals surface area contributed by atoms with E-state index in [1.54, 1.807) is 18.2 Å². The van der Waals surface area contributed by atoms with Crippen LogP contribution in [0.5, 0.6) is 0 Å². The van der Waals surface area contributed by atoms with Gasteiger partial charge in [0, 0.05) is 30.7 Å². The predicted octanol–water partition coefficient (Wildman–Crippen LogP) is 1.43. The summed E-state index contributed by atoms with van der Waals surface area (Å²) >= 11 is 0. The summed E-state index contributed by atoms with van der Waals surface area (Å²) in [5.41, 5.74) is 7.41. The molecule has 2 heterocycles. The van der Waals surface area contributed by atoms with E-state index in [0.29, 0.717) is 23.9 Å². The van der Waals surface area contributed by atoms with Gasteiger partial charge in [0.2, 0.25) is 0 Å². The quantitative estimate of drug-likeness (QED) is 0.555. The van der Waals surface area contributed by atoms with Crippen LogP contribution in [0.4, 0.5) is 11.6 Å². The van der Waals surface area contributed by atoms with E-state index in [9.17, 15) is 9.59 Å². The Kier molecular flexibility index (Phi) is 6.10. The largest absolute Gasteiger partial charge is 0.383 e. The Hall–Kier alpha value is -3.62. The first kappa shape index (κ1) is 18.7. The summed E-state index contributed by atoms with van der Waals surface area (Å²) in [6.45, 7) is 2.44. The van der Waals surface area contributed by atoms with Crippen LogP contribution in [-0.4, -0.2) is 52.2 Å². The van der Waals surface area contributed by atoms with Crippen LogP contribution < -0.4 is 11.1 Å². The fraction of sp³-hybridized carbons (Fsp3) is 0.176. The molecule has 0 atom stereocenters. The monoisotopic (exact) mass is 353 g/mol. The fourth-order valence-corrected chi connectivity index (χ4v) is 2.28. The topological polar surface area (TPSA) is 149 Å². The van der Waals surface area contributed by atoms with Gasteiger partial charge in [0.05, 0.1) is 18.3 Å². The van der Waals surface area contributed by atoms with Gasteiger partial charge in [-0.15, -0.1) is 0 Å². The van der Waals surface area contributed by atoms with Crippen molar-refractivity contribution in [1.82, 2.24) is 14.9 Å². The molecule has 2 aromatic heterocycles. The van der Waals surface area contributed by atoms with Crippen molar-refractivity contribution in [2.45, 2.75) is 6.92 Å². The number of aromatic nitrogens is 2. The number of nitrogens with two attached hydrogens (primary N) is 1. The second-order valence-electron chi connectivity index (χ2n) is 5.27. The Balaban J connectivity index is 2.39. The van der Waals surface area contributed by atoms with Crippen LogP contribution in [0.1, 0.15) is 17.3 Å². The van der Waals surface area contributed by atoms with Crippen LogP contribution in [0, 0.1) is 10.8 Å². The van der Waals surface area contributed by atoms with E-state index in [1.807, 2.05) is 6.92 Å². The summed E-state index contributed by atoms with van der Waals surface area (Å²) in [6.07, 6.45) is 4.82. The third-order valence-corrected chi connectivity index (χ3v) is 3.61. The number of pyridine rings is 2. The van der Waals surface area contributed by atoms with Gasteiger partial charge in [-0.25, -0.2) is 9.97 Å². The van der Waals surface area contributed by atoms with Crippen molar-refractivity contribution >= 4 is 35.9 Å². The first-order valence-electron chi connectivity index (χ1n) is 7.81. The van der Waals surface area contributed by atoms with Crippen molar-refractivity contribution in [3.63, 3.8) is 0 Å². The first-order chi connectivity index (χ1) is 12.5. The van der Waals surface area contributed by atoms with Crippen LogP contribution in [0.2, 0.25) is 0 Å². The standard InChI is InChI=1S/C17H19N7O2/c1-2-24(6-4-18)17(26)13-7-12(10-22-16(13)20)11-3-5-21-14(8-11)23-15(25)9-19/h3-5,7-10,18-19H,2,6H2,1H3,(H2,20,22)(H,21,23,25). The molecule has 0 saturated carbocycles. The van der Waals surface area contributed by atoms with Crippen LogP contribution >= 0.6 is 0 Å². The van der Waals surface area contributed by atoms with Crippen molar-refractivity contribution < 1.29 is 9.59 Å². The third-order valence-electron chi connectivity index (χ3n) is 3.61. The number of nitrogens with one attached hydrogen (secondary N) is 3. The molecule has 0 radical (unpaired) electrons. The molecule has 0 aliphatic rings. The Labute approximate surface area is 150 Å². The number of carbonyl (C=O) groups excluding carboxylic acids is 2. The van der Waals surface area contributed by atoms with E-state index in [1.165, 1.54) is 17.3 Å². The Morgan fingerprint density at radius 1 is 1.27 bits per heavy atom. The minimum atomic E-state index is -0.592. The highest BCUT2D eigenvalue weighted by Crippen LogP contribution is 2.24. The zero-order valence-electron chi connectivity index (χ0n) is 14.2. The van der Waals surface area contributed by atoms with Crippen molar-refractivity contribution in [3.05, 3.63) is 36.2 Å². The predicted molar refractivity (Wildman–Crippen MR) is 99.7 cm³/mol. The molecule has 9 heteroatoms. The van der Waals surface area contributed by atoms with Gasteiger partial charge in [-0.3, -0.25) is 9.59 Å². The first-order valence-corrected chi connectivity index (χ1v) is 7.81. The molecule has 0 saturated heterocycles. The Morgan fingerprint density at radius 2 is 2.04 bits per heavy atom. The number of rotatable bonds is 7.